The van der Waals surface area contributed by atoms with Gasteiger partial charge in [0.25, 0.3) is 0 Å². The van der Waals surface area contributed by atoms with E-state index in [0.29, 0.717) is 0 Å². The van der Waals surface area contributed by atoms with Crippen LogP contribution in [0.4, 0.5) is 5.95 Å². The number of rotatable bonds is 6. The Kier molecular flexibility index (Phi) is 3.93. The number of nitrogens with zero attached hydrogens (tertiary/aromatic N) is 3. The summed E-state index contributed by atoms with van der Waals surface area (Å²) in [6, 6.07) is 0. The molecule has 0 atom stereocenters. The lowest BCUT2D eigenvalue weighted by Gasteiger charge is -2.04. The van der Waals surface area contributed by atoms with Gasteiger partial charge in [0.05, 0.1) is 6.61 Å². The molecule has 0 radical (unpaired) electrons. The molecular formula is C6H10N4O5S. The lowest BCUT2D eigenvalue weighted by atomic mass is 10.8. The van der Waals surface area contributed by atoms with Gasteiger partial charge in [0.2, 0.25) is 10.0 Å². The minimum atomic E-state index is -3.71. The molecule has 0 amide bonds. The highest BCUT2D eigenvalue weighted by Gasteiger charge is 2.20. The van der Waals surface area contributed by atoms with E-state index in [9.17, 15) is 18.5 Å². The van der Waals surface area contributed by atoms with Crippen LogP contribution in [0.25, 0.3) is 0 Å². The first-order valence-electron chi connectivity index (χ1n) is 4.20. The number of aliphatic hydroxyl groups is 1. The van der Waals surface area contributed by atoms with Gasteiger partial charge in [-0.05, 0) is 4.92 Å². The third-order valence-electron chi connectivity index (χ3n) is 1.60. The lowest BCUT2D eigenvalue weighted by molar-refractivity contribution is -0.396. The molecule has 0 fully saturated rings. The van der Waals surface area contributed by atoms with Gasteiger partial charge in [-0.1, -0.05) is 4.98 Å². The molecule has 0 aliphatic heterocycles. The van der Waals surface area contributed by atoms with Crippen molar-refractivity contribution in [2.45, 2.75) is 5.88 Å². The van der Waals surface area contributed by atoms with Crippen LogP contribution in [0.1, 0.15) is 0 Å². The third kappa shape index (κ3) is 3.25. The zero-order valence-electron chi connectivity index (χ0n) is 8.11. The average molecular weight is 250 g/mol. The molecule has 0 saturated carbocycles. The molecular weight excluding hydrogens is 240 g/mol. The van der Waals surface area contributed by atoms with E-state index in [-0.39, 0.29) is 13.2 Å². The van der Waals surface area contributed by atoms with E-state index < -0.39 is 26.8 Å². The first kappa shape index (κ1) is 12.5. The van der Waals surface area contributed by atoms with E-state index in [1.54, 1.807) is 0 Å². The van der Waals surface area contributed by atoms with Crippen LogP contribution in [0.2, 0.25) is 0 Å². The zero-order chi connectivity index (χ0) is 12.2. The molecule has 1 heterocycles. The summed E-state index contributed by atoms with van der Waals surface area (Å²) < 4.78 is 25.6. The van der Waals surface area contributed by atoms with Crippen molar-refractivity contribution in [1.29, 1.82) is 0 Å². The van der Waals surface area contributed by atoms with Gasteiger partial charge < -0.3 is 15.2 Å². The molecule has 90 valence electrons. The summed E-state index contributed by atoms with van der Waals surface area (Å²) in [6.45, 7) is -0.476. The van der Waals surface area contributed by atoms with Gasteiger partial charge in [-0.3, -0.25) is 0 Å². The monoisotopic (exact) mass is 250 g/mol. The molecule has 1 rings (SSSR count). The van der Waals surface area contributed by atoms with Crippen LogP contribution >= 0.6 is 0 Å². The molecule has 0 aromatic carbocycles. The van der Waals surface area contributed by atoms with Crippen LogP contribution in [0.3, 0.4) is 0 Å². The zero-order valence-corrected chi connectivity index (χ0v) is 8.92. The third-order valence-corrected chi connectivity index (χ3v) is 2.86. The molecule has 0 aliphatic carbocycles. The Labute approximate surface area is 90.9 Å². The molecule has 1 aromatic rings. The molecule has 0 bridgehead atoms. The predicted octanol–water partition coefficient (Wildman–Crippen LogP) is -1.34. The summed E-state index contributed by atoms with van der Waals surface area (Å²) in [6.07, 6.45) is 2.33. The number of nitro groups is 1. The summed E-state index contributed by atoms with van der Waals surface area (Å²) in [5.74, 6) is -1.15. The van der Waals surface area contributed by atoms with Crippen molar-refractivity contribution in [2.24, 2.45) is 0 Å². The Bertz CT molecular complexity index is 467. The van der Waals surface area contributed by atoms with Gasteiger partial charge >= 0.3 is 5.95 Å². The van der Waals surface area contributed by atoms with Crippen LogP contribution in [-0.2, 0) is 15.9 Å². The summed E-state index contributed by atoms with van der Waals surface area (Å²) in [7, 11) is -3.71. The second-order valence-electron chi connectivity index (χ2n) is 2.82. The fourth-order valence-electron chi connectivity index (χ4n) is 1.00. The van der Waals surface area contributed by atoms with Gasteiger partial charge in [-0.15, -0.1) is 0 Å². The van der Waals surface area contributed by atoms with Crippen LogP contribution in [0, 0.1) is 10.1 Å². The summed E-state index contributed by atoms with van der Waals surface area (Å²) in [5, 5.41) is 18.9. The number of aliphatic hydroxyl groups excluding tert-OH is 1. The number of aromatic nitrogens is 2. The number of sulfonamides is 1. The van der Waals surface area contributed by atoms with Crippen LogP contribution in [0.5, 0.6) is 0 Å². The van der Waals surface area contributed by atoms with Crippen LogP contribution in [-0.4, -0.2) is 41.2 Å². The Hall–Kier alpha value is -1.52. The standard InChI is InChI=1S/C6H10N4O5S/c11-4-2-8-16(14,15)5-9-3-1-7-6(9)10(12)13/h1,3,8,11H,2,4-5H2. The first-order valence-corrected chi connectivity index (χ1v) is 5.85. The molecule has 0 saturated heterocycles. The Balaban J connectivity index is 2.80. The van der Waals surface area contributed by atoms with Gasteiger partial charge in [-0.2, -0.15) is 0 Å². The molecule has 2 N–H and O–H groups in total. The second kappa shape index (κ2) is 5.01. The van der Waals surface area contributed by atoms with E-state index in [2.05, 4.69) is 9.71 Å². The summed E-state index contributed by atoms with van der Waals surface area (Å²) in [4.78, 5) is 13.1. The maximum atomic E-state index is 11.3. The highest BCUT2D eigenvalue weighted by molar-refractivity contribution is 7.88. The minimum absolute atomic E-state index is 0.134. The van der Waals surface area contributed by atoms with Crippen molar-refractivity contribution in [3.05, 3.63) is 22.5 Å². The van der Waals surface area contributed by atoms with Crippen molar-refractivity contribution in [1.82, 2.24) is 14.3 Å². The number of nitrogens with one attached hydrogen (secondary N) is 1. The number of hydrogen-bond donors (Lipinski definition) is 2. The van der Waals surface area contributed by atoms with Gasteiger partial charge in [-0.25, -0.2) is 17.7 Å². The van der Waals surface area contributed by atoms with Gasteiger partial charge in [0.15, 0.2) is 5.88 Å². The normalized spacial score (nSPS) is 11.6. The van der Waals surface area contributed by atoms with E-state index in [0.717, 1.165) is 10.8 Å². The summed E-state index contributed by atoms with van der Waals surface area (Å²) >= 11 is 0. The quantitative estimate of drug-likeness (QED) is 0.475. The van der Waals surface area contributed by atoms with Gasteiger partial charge in [0.1, 0.15) is 12.4 Å². The molecule has 0 aliphatic rings. The molecule has 10 heteroatoms. The lowest BCUT2D eigenvalue weighted by Crippen LogP contribution is -2.30. The molecule has 0 unspecified atom stereocenters. The highest BCUT2D eigenvalue weighted by Crippen LogP contribution is 2.08. The van der Waals surface area contributed by atoms with Crippen LogP contribution < -0.4 is 4.72 Å². The smallest absolute Gasteiger partial charge is 0.395 e. The maximum absolute atomic E-state index is 11.3. The number of hydrogen-bond acceptors (Lipinski definition) is 6. The maximum Gasteiger partial charge on any atom is 0.435 e. The predicted molar refractivity (Wildman–Crippen MR) is 52.9 cm³/mol. The van der Waals surface area contributed by atoms with E-state index in [4.69, 9.17) is 5.11 Å². The molecule has 9 nitrogen and oxygen atoms in total. The minimum Gasteiger partial charge on any atom is -0.395 e. The SMILES string of the molecule is O=[N+]([O-])c1nccn1CS(=O)(=O)NCCO. The molecule has 16 heavy (non-hydrogen) atoms. The Morgan fingerprint density at radius 3 is 2.88 bits per heavy atom. The highest BCUT2D eigenvalue weighted by atomic mass is 32.2. The first-order chi connectivity index (χ1) is 7.46. The fraction of sp³-hybridized carbons (Fsp3) is 0.500. The van der Waals surface area contributed by atoms with Crippen LogP contribution in [0.15, 0.2) is 12.4 Å². The number of imidazole rings is 1. The Morgan fingerprint density at radius 2 is 2.31 bits per heavy atom. The topological polar surface area (TPSA) is 127 Å². The van der Waals surface area contributed by atoms with Crippen molar-refractivity contribution >= 4 is 16.0 Å². The average Bonchev–Trinajstić information content (AvgIpc) is 2.62. The molecule has 1 aromatic heterocycles. The Morgan fingerprint density at radius 1 is 1.62 bits per heavy atom. The van der Waals surface area contributed by atoms with Crippen molar-refractivity contribution in [3.63, 3.8) is 0 Å². The largest absolute Gasteiger partial charge is 0.435 e. The fourth-order valence-corrected chi connectivity index (χ4v) is 2.07. The van der Waals surface area contributed by atoms with E-state index in [1.807, 2.05) is 0 Å². The summed E-state index contributed by atoms with van der Waals surface area (Å²) in [5.41, 5.74) is 0. The molecule has 0 spiro atoms. The van der Waals surface area contributed by atoms with E-state index in [1.165, 1.54) is 6.20 Å². The van der Waals surface area contributed by atoms with Gasteiger partial charge in [0, 0.05) is 6.54 Å². The second-order valence-corrected chi connectivity index (χ2v) is 4.59. The van der Waals surface area contributed by atoms with Crippen molar-refractivity contribution in [2.75, 3.05) is 13.2 Å². The van der Waals surface area contributed by atoms with Crippen molar-refractivity contribution in [3.8, 4) is 0 Å². The van der Waals surface area contributed by atoms with Crippen molar-refractivity contribution < 1.29 is 18.4 Å². The van der Waals surface area contributed by atoms with E-state index >= 15 is 0 Å².